The van der Waals surface area contributed by atoms with Crippen LogP contribution in [0.15, 0.2) is 78.9 Å². The van der Waals surface area contributed by atoms with E-state index in [4.69, 9.17) is 0 Å². The molecule has 1 fully saturated rings. The topological polar surface area (TPSA) is 40.6 Å². The highest BCUT2D eigenvalue weighted by Crippen LogP contribution is 2.55. The molecule has 2 aliphatic rings. The lowest BCUT2D eigenvalue weighted by atomic mass is 10.0. The summed E-state index contributed by atoms with van der Waals surface area (Å²) in [5, 5.41) is 0. The molecule has 2 aliphatic heterocycles. The normalized spacial score (nSPS) is 20.2. The van der Waals surface area contributed by atoms with Crippen LogP contribution in [0.4, 0.5) is 11.4 Å². The van der Waals surface area contributed by atoms with E-state index in [-0.39, 0.29) is 17.6 Å². The van der Waals surface area contributed by atoms with Crippen LogP contribution in [0, 0.1) is 0 Å². The Hall–Kier alpha value is -3.05. The fourth-order valence-corrected chi connectivity index (χ4v) is 5.85. The molecule has 0 aromatic heterocycles. The van der Waals surface area contributed by atoms with E-state index in [1.54, 1.807) is 4.90 Å². The summed E-state index contributed by atoms with van der Waals surface area (Å²) in [6, 6.07) is 25.9. The maximum absolute atomic E-state index is 14.0. The SMILES string of the molecule is CC(C)c1ccc(N2C(=O)CSC23C(=O)N(Cc2ccccc2)c2ccccc23)cc1. The molecule has 4 nitrogen and oxygen atoms in total. The zero-order valence-corrected chi connectivity index (χ0v) is 18.4. The molecule has 2 amide bonds. The summed E-state index contributed by atoms with van der Waals surface area (Å²) in [5.41, 5.74) is 4.80. The number of hydrogen-bond donors (Lipinski definition) is 0. The van der Waals surface area contributed by atoms with Gasteiger partial charge in [0.1, 0.15) is 0 Å². The quantitative estimate of drug-likeness (QED) is 0.567. The molecule has 5 heteroatoms. The number of fused-ring (bicyclic) bond motifs is 2. The van der Waals surface area contributed by atoms with Gasteiger partial charge in [-0.3, -0.25) is 14.5 Å². The molecule has 1 unspecified atom stereocenters. The number of para-hydroxylation sites is 1. The molecule has 1 atom stereocenters. The van der Waals surface area contributed by atoms with Crippen molar-refractivity contribution in [2.75, 3.05) is 15.6 Å². The van der Waals surface area contributed by atoms with Crippen molar-refractivity contribution in [3.63, 3.8) is 0 Å². The number of anilines is 2. The lowest BCUT2D eigenvalue weighted by Gasteiger charge is -2.33. The molecule has 0 radical (unpaired) electrons. The first-order valence-electron chi connectivity index (χ1n) is 10.5. The van der Waals surface area contributed by atoms with Crippen LogP contribution in [-0.2, 0) is 21.0 Å². The number of benzene rings is 3. The van der Waals surface area contributed by atoms with Crippen molar-refractivity contribution in [3.05, 3.63) is 95.6 Å². The molecule has 3 aromatic rings. The molecular weight excluding hydrogens is 404 g/mol. The third-order valence-corrected chi connectivity index (χ3v) is 7.45. The minimum absolute atomic E-state index is 0.0352. The Balaban J connectivity index is 1.61. The minimum Gasteiger partial charge on any atom is -0.304 e. The molecule has 3 aromatic carbocycles. The van der Waals surface area contributed by atoms with Gasteiger partial charge in [0, 0.05) is 11.3 Å². The van der Waals surface area contributed by atoms with Crippen molar-refractivity contribution in [1.82, 2.24) is 0 Å². The van der Waals surface area contributed by atoms with Crippen molar-refractivity contribution in [2.45, 2.75) is 31.2 Å². The van der Waals surface area contributed by atoms with E-state index >= 15 is 0 Å². The number of carbonyl (C=O) groups is 2. The van der Waals surface area contributed by atoms with Crippen LogP contribution >= 0.6 is 11.8 Å². The van der Waals surface area contributed by atoms with E-state index in [9.17, 15) is 9.59 Å². The van der Waals surface area contributed by atoms with Gasteiger partial charge >= 0.3 is 0 Å². The van der Waals surface area contributed by atoms with E-state index in [0.29, 0.717) is 12.5 Å². The summed E-state index contributed by atoms with van der Waals surface area (Å²) in [6.45, 7) is 4.77. The zero-order valence-electron chi connectivity index (χ0n) is 17.6. The Morgan fingerprint density at radius 3 is 2.29 bits per heavy atom. The highest BCUT2D eigenvalue weighted by atomic mass is 32.2. The third-order valence-electron chi connectivity index (χ3n) is 6.07. The first-order chi connectivity index (χ1) is 15.0. The molecule has 2 heterocycles. The Kier molecular flexibility index (Phi) is 4.86. The Labute approximate surface area is 186 Å². The van der Waals surface area contributed by atoms with Crippen LogP contribution in [0.3, 0.4) is 0 Å². The third kappa shape index (κ3) is 3.07. The molecule has 5 rings (SSSR count). The van der Waals surface area contributed by atoms with E-state index in [1.807, 2.05) is 71.6 Å². The summed E-state index contributed by atoms with van der Waals surface area (Å²) in [7, 11) is 0. The lowest BCUT2D eigenvalue weighted by Crippen LogP contribution is -2.49. The molecule has 1 saturated heterocycles. The molecular formula is C26H24N2O2S. The van der Waals surface area contributed by atoms with E-state index < -0.39 is 4.87 Å². The smallest absolute Gasteiger partial charge is 0.269 e. The van der Waals surface area contributed by atoms with Crippen LogP contribution < -0.4 is 9.80 Å². The molecule has 0 N–H and O–H groups in total. The highest BCUT2D eigenvalue weighted by Gasteiger charge is 2.60. The van der Waals surface area contributed by atoms with Gasteiger partial charge in [-0.2, -0.15) is 0 Å². The number of nitrogens with zero attached hydrogens (tertiary/aromatic N) is 2. The van der Waals surface area contributed by atoms with Gasteiger partial charge in [-0.05, 0) is 35.2 Å². The van der Waals surface area contributed by atoms with Gasteiger partial charge in [-0.15, -0.1) is 11.8 Å². The number of carbonyl (C=O) groups excluding carboxylic acids is 2. The average Bonchev–Trinajstić information content (AvgIpc) is 3.26. The van der Waals surface area contributed by atoms with Crippen molar-refractivity contribution in [2.24, 2.45) is 0 Å². The van der Waals surface area contributed by atoms with Gasteiger partial charge in [0.15, 0.2) is 0 Å². The van der Waals surface area contributed by atoms with Gasteiger partial charge in [-0.1, -0.05) is 74.5 Å². The summed E-state index contributed by atoms with van der Waals surface area (Å²) < 4.78 is 0. The first-order valence-corrected chi connectivity index (χ1v) is 11.5. The maximum atomic E-state index is 14.0. The summed E-state index contributed by atoms with van der Waals surface area (Å²) in [5.74, 6) is 0.598. The maximum Gasteiger partial charge on any atom is 0.269 e. The van der Waals surface area contributed by atoms with Gasteiger partial charge in [0.2, 0.25) is 10.8 Å². The first kappa shape index (κ1) is 19.9. The van der Waals surface area contributed by atoms with Gasteiger partial charge in [0.25, 0.3) is 5.91 Å². The largest absolute Gasteiger partial charge is 0.304 e. The monoisotopic (exact) mass is 428 g/mol. The average molecular weight is 429 g/mol. The number of amides is 2. The zero-order chi connectivity index (χ0) is 21.6. The van der Waals surface area contributed by atoms with Crippen molar-refractivity contribution < 1.29 is 9.59 Å². The molecule has 156 valence electrons. The Morgan fingerprint density at radius 1 is 0.903 bits per heavy atom. The standard InChI is InChI=1S/C26H24N2O2S/c1-18(2)20-12-14-21(15-13-20)28-24(29)17-31-26(28)22-10-6-7-11-23(22)27(25(26)30)16-19-8-4-3-5-9-19/h3-15,18H,16-17H2,1-2H3. The molecule has 31 heavy (non-hydrogen) atoms. The summed E-state index contributed by atoms with van der Waals surface area (Å²) in [4.78, 5) is 29.6. The van der Waals surface area contributed by atoms with Gasteiger partial charge in [-0.25, -0.2) is 0 Å². The second-order valence-electron chi connectivity index (χ2n) is 8.30. The molecule has 0 saturated carbocycles. The lowest BCUT2D eigenvalue weighted by molar-refractivity contribution is -0.123. The van der Waals surface area contributed by atoms with Crippen molar-refractivity contribution in [1.29, 1.82) is 0 Å². The van der Waals surface area contributed by atoms with Crippen molar-refractivity contribution in [3.8, 4) is 0 Å². The van der Waals surface area contributed by atoms with Crippen LogP contribution in [0.5, 0.6) is 0 Å². The second kappa shape index (κ2) is 7.57. The van der Waals surface area contributed by atoms with Crippen LogP contribution in [-0.4, -0.2) is 17.6 Å². The fraction of sp³-hybridized carbons (Fsp3) is 0.231. The Bertz CT molecular complexity index is 1140. The summed E-state index contributed by atoms with van der Waals surface area (Å²) in [6.07, 6.45) is 0. The Morgan fingerprint density at radius 2 is 1.58 bits per heavy atom. The summed E-state index contributed by atoms with van der Waals surface area (Å²) >= 11 is 1.42. The van der Waals surface area contributed by atoms with Gasteiger partial charge < -0.3 is 4.90 Å². The molecule has 0 aliphatic carbocycles. The van der Waals surface area contributed by atoms with E-state index in [2.05, 4.69) is 26.0 Å². The van der Waals surface area contributed by atoms with Crippen LogP contribution in [0.1, 0.15) is 36.5 Å². The second-order valence-corrected chi connectivity index (χ2v) is 9.47. The van der Waals surface area contributed by atoms with E-state index in [0.717, 1.165) is 22.5 Å². The van der Waals surface area contributed by atoms with Crippen LogP contribution in [0.2, 0.25) is 0 Å². The number of hydrogen-bond acceptors (Lipinski definition) is 3. The fourth-order valence-electron chi connectivity index (χ4n) is 4.49. The molecule has 0 bridgehead atoms. The minimum atomic E-state index is -1.05. The van der Waals surface area contributed by atoms with Crippen LogP contribution in [0.25, 0.3) is 0 Å². The number of rotatable bonds is 4. The highest BCUT2D eigenvalue weighted by molar-refractivity contribution is 8.02. The van der Waals surface area contributed by atoms with Gasteiger partial charge in [0.05, 0.1) is 18.0 Å². The number of thioether (sulfide) groups is 1. The molecule has 1 spiro atoms. The van der Waals surface area contributed by atoms with Crippen molar-refractivity contribution >= 4 is 35.0 Å². The predicted molar refractivity (Wildman–Crippen MR) is 126 cm³/mol. The predicted octanol–water partition coefficient (Wildman–Crippen LogP) is 5.29. The van der Waals surface area contributed by atoms with E-state index in [1.165, 1.54) is 17.3 Å².